The van der Waals surface area contributed by atoms with Crippen molar-refractivity contribution in [3.05, 3.63) is 0 Å². The fraction of sp³-hybridized carbons (Fsp3) is 0.600. The number of carboxylic acids is 1. The largest absolute Gasteiger partial charge is 0.473 e. The molecule has 0 bridgehead atoms. The maximum absolute atomic E-state index is 10.1. The van der Waals surface area contributed by atoms with Gasteiger partial charge in [0.25, 0.3) is 0 Å². The molecule has 5 heteroatoms. The van der Waals surface area contributed by atoms with E-state index in [4.69, 9.17) is 5.11 Å². The van der Waals surface area contributed by atoms with Crippen molar-refractivity contribution in [3.63, 3.8) is 0 Å². The molecular weight excluding hydrogens is 183 g/mol. The molecule has 0 aliphatic rings. The summed E-state index contributed by atoms with van der Waals surface area (Å²) in [6, 6.07) is 0. The zero-order valence-corrected chi connectivity index (χ0v) is 6.62. The van der Waals surface area contributed by atoms with Crippen molar-refractivity contribution in [1.29, 1.82) is 0 Å². The van der Waals surface area contributed by atoms with Crippen LogP contribution in [0, 0.1) is 0 Å². The number of rotatable bonds is 1. The van der Waals surface area contributed by atoms with Gasteiger partial charge in [-0.2, -0.15) is 0 Å². The van der Waals surface area contributed by atoms with Crippen LogP contribution in [-0.2, 0) is 31.1 Å². The molecule has 0 aliphatic heterocycles. The minimum absolute atomic E-state index is 0. The number of carboxylic acid groups (broad SMARTS) is 1. The molecule has 0 fully saturated rings. The molecule has 0 aromatic rings. The molecule has 0 heterocycles. The predicted molar refractivity (Wildman–Crippen MR) is 28.9 cm³/mol. The molecule has 10 heavy (non-hydrogen) atoms. The second-order valence-electron chi connectivity index (χ2n) is 1.76. The van der Waals surface area contributed by atoms with Crippen LogP contribution in [-0.4, -0.2) is 23.1 Å². The fourth-order valence-corrected chi connectivity index (χ4v) is 0.264. The number of esters is 1. The summed E-state index contributed by atoms with van der Waals surface area (Å²) in [5, 5.41) is 7.96. The number of ether oxygens (including phenoxy) is 1. The van der Waals surface area contributed by atoms with E-state index in [-0.39, 0.29) is 22.9 Å². The maximum atomic E-state index is 10.1. The summed E-state index contributed by atoms with van der Waals surface area (Å²) in [6.45, 7) is 3.17. The van der Waals surface area contributed by atoms with Crippen LogP contribution in [0.1, 0.15) is 13.8 Å². The summed E-state index contributed by atoms with van der Waals surface area (Å²) in [4.78, 5) is 19.9. The van der Waals surface area contributed by atoms with Gasteiger partial charge in [-0.1, -0.05) is 0 Å². The van der Waals surface area contributed by atoms with Gasteiger partial charge >= 0.3 is 11.9 Å². The second-order valence-corrected chi connectivity index (χ2v) is 1.76. The first-order valence-electron chi connectivity index (χ1n) is 2.48. The zero-order chi connectivity index (χ0) is 7.44. The van der Waals surface area contributed by atoms with Gasteiger partial charge in [-0.05, 0) is 13.8 Å². The molecule has 1 radical (unpaired) electrons. The van der Waals surface area contributed by atoms with E-state index >= 15 is 0 Å². The van der Waals surface area contributed by atoms with E-state index in [2.05, 4.69) is 4.74 Å². The van der Waals surface area contributed by atoms with Crippen LogP contribution >= 0.6 is 0 Å². The third-order valence-electron chi connectivity index (χ3n) is 0.517. The molecule has 0 aromatic heterocycles. The Balaban J connectivity index is 0. The summed E-state index contributed by atoms with van der Waals surface area (Å²) in [5.41, 5.74) is 0. The average Bonchev–Trinajstić information content (AvgIpc) is 1.63. The number of carbonyl (C=O) groups excluding carboxylic acids is 1. The monoisotopic (exact) mass is 191 g/mol. The first-order chi connectivity index (χ1) is 4.04. The van der Waals surface area contributed by atoms with Crippen molar-refractivity contribution in [2.75, 3.05) is 0 Å². The average molecular weight is 191 g/mol. The van der Waals surface area contributed by atoms with E-state index in [1.807, 2.05) is 0 Å². The van der Waals surface area contributed by atoms with Crippen molar-refractivity contribution >= 4 is 11.9 Å². The van der Waals surface area contributed by atoms with Crippen molar-refractivity contribution in [1.82, 2.24) is 0 Å². The van der Waals surface area contributed by atoms with Crippen molar-refractivity contribution in [2.45, 2.75) is 20.0 Å². The molecule has 0 spiro atoms. The Kier molecular flexibility index (Phi) is 6.38. The van der Waals surface area contributed by atoms with E-state index in [1.165, 1.54) is 0 Å². The van der Waals surface area contributed by atoms with Crippen LogP contribution in [0.4, 0.5) is 0 Å². The Morgan fingerprint density at radius 1 is 1.40 bits per heavy atom. The molecule has 0 saturated heterocycles. The normalized spacial score (nSPS) is 8.30. The SMILES string of the molecule is CC(C)OC(=O)C(=O)O.[Co]. The Bertz CT molecular complexity index is 132. The number of carbonyl (C=O) groups is 2. The summed E-state index contributed by atoms with van der Waals surface area (Å²) in [6.07, 6.45) is -0.367. The van der Waals surface area contributed by atoms with Crippen LogP contribution in [0.5, 0.6) is 0 Å². The topological polar surface area (TPSA) is 63.6 Å². The van der Waals surface area contributed by atoms with Crippen LogP contribution in [0.15, 0.2) is 0 Å². The number of hydrogen-bond acceptors (Lipinski definition) is 3. The van der Waals surface area contributed by atoms with Crippen molar-refractivity contribution in [2.24, 2.45) is 0 Å². The van der Waals surface area contributed by atoms with Crippen LogP contribution < -0.4 is 0 Å². The van der Waals surface area contributed by atoms with Crippen LogP contribution in [0.25, 0.3) is 0 Å². The van der Waals surface area contributed by atoms with Gasteiger partial charge in [0, 0.05) is 16.8 Å². The molecule has 0 amide bonds. The Labute approximate surface area is 68.7 Å². The molecule has 0 unspecified atom stereocenters. The van der Waals surface area contributed by atoms with Crippen LogP contribution in [0.2, 0.25) is 0 Å². The predicted octanol–water partition coefficient (Wildman–Crippen LogP) is 0.0201. The Morgan fingerprint density at radius 3 is 1.90 bits per heavy atom. The summed E-state index contributed by atoms with van der Waals surface area (Å²) < 4.78 is 4.27. The first kappa shape index (κ1) is 12.2. The third kappa shape index (κ3) is 5.58. The van der Waals surface area contributed by atoms with E-state index in [0.717, 1.165) is 0 Å². The van der Waals surface area contributed by atoms with Crippen molar-refractivity contribution < 1.29 is 36.2 Å². The molecule has 61 valence electrons. The molecule has 0 atom stereocenters. The Hall–Kier alpha value is -0.554. The third-order valence-corrected chi connectivity index (χ3v) is 0.517. The molecule has 4 nitrogen and oxygen atoms in total. The van der Waals surface area contributed by atoms with Crippen LogP contribution in [0.3, 0.4) is 0 Å². The first-order valence-corrected chi connectivity index (χ1v) is 2.48. The minimum atomic E-state index is -1.55. The molecular formula is C5H8CoO4. The van der Waals surface area contributed by atoms with Gasteiger partial charge in [-0.15, -0.1) is 0 Å². The number of aliphatic carboxylic acids is 1. The van der Waals surface area contributed by atoms with Gasteiger partial charge in [-0.25, -0.2) is 9.59 Å². The molecule has 0 saturated carbocycles. The maximum Gasteiger partial charge on any atom is 0.417 e. The van der Waals surface area contributed by atoms with E-state index < -0.39 is 11.9 Å². The Morgan fingerprint density at radius 2 is 1.80 bits per heavy atom. The molecule has 0 rings (SSSR count). The van der Waals surface area contributed by atoms with Crippen molar-refractivity contribution in [3.8, 4) is 0 Å². The van der Waals surface area contributed by atoms with Gasteiger partial charge in [0.15, 0.2) is 0 Å². The van der Waals surface area contributed by atoms with Gasteiger partial charge in [0.05, 0.1) is 6.10 Å². The van der Waals surface area contributed by atoms with E-state index in [9.17, 15) is 9.59 Å². The molecule has 0 aromatic carbocycles. The fourth-order valence-electron chi connectivity index (χ4n) is 0.264. The standard InChI is InChI=1S/C5H8O4.Co/c1-3(2)9-5(8)4(6)7;/h3H,1-2H3,(H,6,7);. The van der Waals surface area contributed by atoms with Gasteiger partial charge < -0.3 is 9.84 Å². The minimum Gasteiger partial charge on any atom is -0.473 e. The smallest absolute Gasteiger partial charge is 0.417 e. The quantitative estimate of drug-likeness (QED) is 0.468. The number of hydrogen-bond donors (Lipinski definition) is 1. The van der Waals surface area contributed by atoms with E-state index in [1.54, 1.807) is 13.8 Å². The summed E-state index contributed by atoms with van der Waals surface area (Å²) in [7, 11) is 0. The summed E-state index contributed by atoms with van der Waals surface area (Å²) in [5.74, 6) is -2.76. The summed E-state index contributed by atoms with van der Waals surface area (Å²) >= 11 is 0. The van der Waals surface area contributed by atoms with Gasteiger partial charge in [0.1, 0.15) is 0 Å². The molecule has 1 N–H and O–H groups in total. The van der Waals surface area contributed by atoms with E-state index in [0.29, 0.717) is 0 Å². The zero-order valence-electron chi connectivity index (χ0n) is 5.58. The van der Waals surface area contributed by atoms with Gasteiger partial charge in [-0.3, -0.25) is 0 Å². The second kappa shape index (κ2) is 5.25. The van der Waals surface area contributed by atoms with Gasteiger partial charge in [0.2, 0.25) is 0 Å². The molecule has 0 aliphatic carbocycles.